The summed E-state index contributed by atoms with van der Waals surface area (Å²) in [4.78, 5) is 4.37. The van der Waals surface area contributed by atoms with Gasteiger partial charge in [-0.05, 0) is 52.5 Å². The zero-order valence-electron chi connectivity index (χ0n) is 15.7. The van der Waals surface area contributed by atoms with Crippen LogP contribution in [0.1, 0.15) is 65.4 Å². The van der Waals surface area contributed by atoms with E-state index in [4.69, 9.17) is 14.0 Å². The second kappa shape index (κ2) is 6.97. The summed E-state index contributed by atoms with van der Waals surface area (Å²) in [6.45, 7) is 8.67. The third kappa shape index (κ3) is 3.83. The van der Waals surface area contributed by atoms with E-state index in [9.17, 15) is 5.26 Å². The van der Waals surface area contributed by atoms with E-state index in [1.807, 2.05) is 27.7 Å². The van der Waals surface area contributed by atoms with Gasteiger partial charge in [-0.3, -0.25) is 0 Å². The third-order valence-electron chi connectivity index (χ3n) is 5.70. The minimum Gasteiger partial charge on any atom is -0.476 e. The van der Waals surface area contributed by atoms with E-state index in [2.05, 4.69) is 11.1 Å². The van der Waals surface area contributed by atoms with E-state index in [0.29, 0.717) is 24.0 Å². The Morgan fingerprint density at radius 1 is 1.20 bits per heavy atom. The number of ether oxygens (including phenoxy) is 1. The molecule has 2 heterocycles. The van der Waals surface area contributed by atoms with Gasteiger partial charge >= 0.3 is 7.12 Å². The molecule has 0 atom stereocenters. The van der Waals surface area contributed by atoms with Gasteiger partial charge in [0.05, 0.1) is 17.8 Å². The summed E-state index contributed by atoms with van der Waals surface area (Å²) in [6.07, 6.45) is 7.96. The summed E-state index contributed by atoms with van der Waals surface area (Å²) in [6, 6.07) is 3.96. The second-order valence-corrected chi connectivity index (χ2v) is 8.14. The van der Waals surface area contributed by atoms with Crippen molar-refractivity contribution >= 4 is 12.6 Å². The molecule has 134 valence electrons. The van der Waals surface area contributed by atoms with Crippen LogP contribution in [0, 0.1) is 17.2 Å². The molecule has 2 fully saturated rings. The maximum absolute atomic E-state index is 9.48. The lowest BCUT2D eigenvalue weighted by Crippen LogP contribution is -2.41. The molecule has 1 saturated heterocycles. The van der Waals surface area contributed by atoms with Crippen LogP contribution in [0.25, 0.3) is 0 Å². The van der Waals surface area contributed by atoms with Gasteiger partial charge in [0.15, 0.2) is 0 Å². The molecule has 1 aliphatic heterocycles. The summed E-state index contributed by atoms with van der Waals surface area (Å²) >= 11 is 0. The predicted molar refractivity (Wildman–Crippen MR) is 96.7 cm³/mol. The number of nitrogens with zero attached hydrogens (tertiary/aromatic N) is 2. The Morgan fingerprint density at radius 3 is 2.44 bits per heavy atom. The van der Waals surface area contributed by atoms with Gasteiger partial charge < -0.3 is 14.0 Å². The standard InChI is InChI=1S/C19H27BN2O3/c1-18(2)19(3,4)25-20(24-18)16-10-15(11-21)17(22-12-16)23-13-14-8-6-5-7-9-14/h10,12,14H,5-9,13H2,1-4H3. The molecule has 0 bridgehead atoms. The Bertz CT molecular complexity index is 647. The van der Waals surface area contributed by atoms with Crippen molar-refractivity contribution in [1.29, 1.82) is 5.26 Å². The van der Waals surface area contributed by atoms with E-state index < -0.39 is 18.3 Å². The van der Waals surface area contributed by atoms with Crippen LogP contribution in [-0.4, -0.2) is 29.9 Å². The fourth-order valence-corrected chi connectivity index (χ4v) is 3.32. The van der Waals surface area contributed by atoms with Gasteiger partial charge in [-0.15, -0.1) is 0 Å². The Balaban J connectivity index is 1.71. The number of hydrogen-bond acceptors (Lipinski definition) is 5. The molecule has 1 aliphatic carbocycles. The van der Waals surface area contributed by atoms with E-state index >= 15 is 0 Å². The molecular formula is C19H27BN2O3. The number of rotatable bonds is 4. The first-order valence-electron chi connectivity index (χ1n) is 9.21. The lowest BCUT2D eigenvalue weighted by molar-refractivity contribution is 0.00578. The first kappa shape index (κ1) is 18.2. The largest absolute Gasteiger partial charge is 0.496 e. The second-order valence-electron chi connectivity index (χ2n) is 8.14. The van der Waals surface area contributed by atoms with Crippen LogP contribution in [0.15, 0.2) is 12.3 Å². The Kier molecular flexibility index (Phi) is 5.08. The molecule has 25 heavy (non-hydrogen) atoms. The molecule has 0 unspecified atom stereocenters. The summed E-state index contributed by atoms with van der Waals surface area (Å²) < 4.78 is 17.9. The average molecular weight is 342 g/mol. The van der Waals surface area contributed by atoms with Crippen molar-refractivity contribution in [2.75, 3.05) is 6.61 Å². The summed E-state index contributed by atoms with van der Waals surface area (Å²) in [5.74, 6) is 0.984. The van der Waals surface area contributed by atoms with E-state index in [-0.39, 0.29) is 0 Å². The third-order valence-corrected chi connectivity index (χ3v) is 5.70. The Labute approximate surface area is 150 Å². The van der Waals surface area contributed by atoms with E-state index in [1.165, 1.54) is 32.1 Å². The smallest absolute Gasteiger partial charge is 0.476 e. The zero-order chi connectivity index (χ0) is 18.1. The molecule has 1 saturated carbocycles. The molecular weight excluding hydrogens is 315 g/mol. The van der Waals surface area contributed by atoms with Crippen molar-refractivity contribution < 1.29 is 14.0 Å². The SMILES string of the molecule is CC1(C)OB(c2cnc(OCC3CCCCC3)c(C#N)c2)OC1(C)C. The van der Waals surface area contributed by atoms with Gasteiger partial charge in [0.25, 0.3) is 0 Å². The molecule has 0 N–H and O–H groups in total. The minimum absolute atomic E-state index is 0.411. The molecule has 1 aromatic heterocycles. The summed E-state index contributed by atoms with van der Waals surface area (Å²) in [7, 11) is -0.517. The van der Waals surface area contributed by atoms with Gasteiger partial charge in [-0.2, -0.15) is 5.26 Å². The molecule has 0 spiro atoms. The Morgan fingerprint density at radius 2 is 1.84 bits per heavy atom. The quantitative estimate of drug-likeness (QED) is 0.786. The molecule has 5 nitrogen and oxygen atoms in total. The van der Waals surface area contributed by atoms with Crippen molar-refractivity contribution in [2.24, 2.45) is 5.92 Å². The Hall–Kier alpha value is -1.58. The number of pyridine rings is 1. The van der Waals surface area contributed by atoms with Crippen LogP contribution in [0.4, 0.5) is 0 Å². The highest BCUT2D eigenvalue weighted by Crippen LogP contribution is 2.36. The van der Waals surface area contributed by atoms with Gasteiger partial charge in [-0.25, -0.2) is 4.98 Å². The van der Waals surface area contributed by atoms with Crippen molar-refractivity contribution in [2.45, 2.75) is 71.0 Å². The zero-order valence-corrected chi connectivity index (χ0v) is 15.7. The monoisotopic (exact) mass is 342 g/mol. The van der Waals surface area contributed by atoms with Crippen molar-refractivity contribution in [3.8, 4) is 11.9 Å². The molecule has 3 rings (SSSR count). The summed E-state index contributed by atoms with van der Waals surface area (Å²) in [5.41, 5.74) is 0.351. The maximum atomic E-state index is 9.48. The number of hydrogen-bond donors (Lipinski definition) is 0. The van der Waals surface area contributed by atoms with Crippen LogP contribution < -0.4 is 10.2 Å². The van der Waals surface area contributed by atoms with Crippen LogP contribution in [-0.2, 0) is 9.31 Å². The lowest BCUT2D eigenvalue weighted by Gasteiger charge is -2.32. The highest BCUT2D eigenvalue weighted by atomic mass is 16.7. The van der Waals surface area contributed by atoms with E-state index in [0.717, 1.165) is 5.46 Å². The average Bonchev–Trinajstić information content (AvgIpc) is 2.81. The van der Waals surface area contributed by atoms with Crippen LogP contribution >= 0.6 is 0 Å². The summed E-state index contributed by atoms with van der Waals surface area (Å²) in [5, 5.41) is 9.48. The first-order valence-corrected chi connectivity index (χ1v) is 9.21. The van der Waals surface area contributed by atoms with Crippen molar-refractivity contribution in [1.82, 2.24) is 4.98 Å². The normalized spacial score (nSPS) is 22.6. The fourth-order valence-electron chi connectivity index (χ4n) is 3.32. The first-order chi connectivity index (χ1) is 11.8. The van der Waals surface area contributed by atoms with Crippen molar-refractivity contribution in [3.05, 3.63) is 17.8 Å². The van der Waals surface area contributed by atoms with Gasteiger partial charge in [0.2, 0.25) is 5.88 Å². The maximum Gasteiger partial charge on any atom is 0.496 e. The minimum atomic E-state index is -0.517. The number of nitriles is 1. The topological polar surface area (TPSA) is 64.4 Å². The van der Waals surface area contributed by atoms with Gasteiger partial charge in [0.1, 0.15) is 11.6 Å². The van der Waals surface area contributed by atoms with E-state index in [1.54, 1.807) is 12.3 Å². The van der Waals surface area contributed by atoms with Crippen LogP contribution in [0.3, 0.4) is 0 Å². The molecule has 0 aromatic carbocycles. The lowest BCUT2D eigenvalue weighted by atomic mass is 9.80. The van der Waals surface area contributed by atoms with Crippen LogP contribution in [0.5, 0.6) is 5.88 Å². The predicted octanol–water partition coefficient (Wildman–Crippen LogP) is 3.21. The van der Waals surface area contributed by atoms with Gasteiger partial charge in [-0.1, -0.05) is 19.3 Å². The number of aromatic nitrogens is 1. The van der Waals surface area contributed by atoms with Crippen LogP contribution in [0.2, 0.25) is 0 Å². The van der Waals surface area contributed by atoms with Crippen molar-refractivity contribution in [3.63, 3.8) is 0 Å². The molecule has 2 aliphatic rings. The van der Waals surface area contributed by atoms with Gasteiger partial charge in [0, 0.05) is 11.7 Å². The highest BCUT2D eigenvalue weighted by molar-refractivity contribution is 6.62. The fraction of sp³-hybridized carbons (Fsp3) is 0.684. The highest BCUT2D eigenvalue weighted by Gasteiger charge is 2.51. The molecule has 1 aromatic rings. The molecule has 6 heteroatoms. The molecule has 0 amide bonds. The molecule has 0 radical (unpaired) electrons.